The minimum absolute atomic E-state index is 0.0303. The summed E-state index contributed by atoms with van der Waals surface area (Å²) in [6, 6.07) is 22.2. The second kappa shape index (κ2) is 6.88. The summed E-state index contributed by atoms with van der Waals surface area (Å²) in [5.74, 6) is -0.360. The number of hydrogen-bond donors (Lipinski definition) is 2. The van der Waals surface area contributed by atoms with Crippen molar-refractivity contribution >= 4 is 16.9 Å². The number of benzene rings is 3. The molecule has 132 valence electrons. The first-order valence-corrected chi connectivity index (χ1v) is 8.51. The highest BCUT2D eigenvalue weighted by atomic mass is 16.4. The van der Waals surface area contributed by atoms with Gasteiger partial charge < -0.3 is 10.1 Å². The summed E-state index contributed by atoms with van der Waals surface area (Å²) in [4.78, 5) is 30.7. The number of aromatic amines is 1. The maximum Gasteiger partial charge on any atom is 0.307 e. The van der Waals surface area contributed by atoms with Gasteiger partial charge in [-0.25, -0.2) is 4.98 Å². The zero-order valence-electron chi connectivity index (χ0n) is 14.3. The third kappa shape index (κ3) is 3.35. The third-order valence-corrected chi connectivity index (χ3v) is 4.44. The van der Waals surface area contributed by atoms with Crippen LogP contribution in [0.25, 0.3) is 33.4 Å². The Labute approximate surface area is 155 Å². The molecule has 0 radical (unpaired) electrons. The molecular formula is C22H16N2O3. The van der Waals surface area contributed by atoms with Gasteiger partial charge in [0.1, 0.15) is 5.82 Å². The number of aliphatic carboxylic acids is 1. The number of fused-ring (bicyclic) bond motifs is 1. The van der Waals surface area contributed by atoms with Crippen molar-refractivity contribution in [1.82, 2.24) is 9.97 Å². The molecule has 0 atom stereocenters. The van der Waals surface area contributed by atoms with Crippen molar-refractivity contribution in [2.45, 2.75) is 6.42 Å². The predicted molar refractivity (Wildman–Crippen MR) is 105 cm³/mol. The van der Waals surface area contributed by atoms with Crippen LogP contribution in [0.5, 0.6) is 0 Å². The zero-order chi connectivity index (χ0) is 18.8. The van der Waals surface area contributed by atoms with Crippen LogP contribution in [0.2, 0.25) is 0 Å². The Kier molecular flexibility index (Phi) is 4.26. The number of H-pyrrole nitrogens is 1. The minimum Gasteiger partial charge on any atom is -0.481 e. The fourth-order valence-electron chi connectivity index (χ4n) is 3.15. The Morgan fingerprint density at radius 1 is 0.889 bits per heavy atom. The maximum atomic E-state index is 12.3. The molecule has 27 heavy (non-hydrogen) atoms. The van der Waals surface area contributed by atoms with Crippen LogP contribution in [0.1, 0.15) is 5.56 Å². The Morgan fingerprint density at radius 3 is 2.33 bits per heavy atom. The Bertz CT molecular complexity index is 1190. The topological polar surface area (TPSA) is 83.0 Å². The Morgan fingerprint density at radius 2 is 1.56 bits per heavy atom. The van der Waals surface area contributed by atoms with Crippen molar-refractivity contribution in [2.24, 2.45) is 0 Å². The van der Waals surface area contributed by atoms with Crippen LogP contribution >= 0.6 is 0 Å². The molecule has 0 amide bonds. The van der Waals surface area contributed by atoms with Gasteiger partial charge in [0.05, 0.1) is 17.3 Å². The number of hydrogen-bond acceptors (Lipinski definition) is 3. The highest BCUT2D eigenvalue weighted by molar-refractivity contribution is 5.80. The number of aromatic nitrogens is 2. The molecule has 1 heterocycles. The van der Waals surface area contributed by atoms with Gasteiger partial charge in [0.15, 0.2) is 0 Å². The summed E-state index contributed by atoms with van der Waals surface area (Å²) in [7, 11) is 0. The van der Waals surface area contributed by atoms with E-state index in [2.05, 4.69) is 9.97 Å². The molecule has 0 saturated carbocycles. The van der Waals surface area contributed by atoms with Gasteiger partial charge in [-0.15, -0.1) is 0 Å². The lowest BCUT2D eigenvalue weighted by Gasteiger charge is -2.09. The molecule has 0 saturated heterocycles. The van der Waals surface area contributed by atoms with Gasteiger partial charge in [0, 0.05) is 5.56 Å². The number of nitrogens with zero attached hydrogens (tertiary/aromatic N) is 1. The monoisotopic (exact) mass is 356 g/mol. The first-order valence-electron chi connectivity index (χ1n) is 8.51. The normalized spacial score (nSPS) is 10.8. The highest BCUT2D eigenvalue weighted by Gasteiger charge is 2.10. The maximum absolute atomic E-state index is 12.3. The quantitative estimate of drug-likeness (QED) is 0.581. The summed E-state index contributed by atoms with van der Waals surface area (Å²) in [6.45, 7) is 0. The second-order valence-corrected chi connectivity index (χ2v) is 6.24. The predicted octanol–water partition coefficient (Wildman–Crippen LogP) is 3.88. The van der Waals surface area contributed by atoms with E-state index in [1.54, 1.807) is 6.07 Å². The fraction of sp³-hybridized carbons (Fsp3) is 0.0455. The van der Waals surface area contributed by atoms with Gasteiger partial charge in [0.2, 0.25) is 0 Å². The lowest BCUT2D eigenvalue weighted by molar-refractivity contribution is -0.136. The van der Waals surface area contributed by atoms with E-state index in [0.717, 1.165) is 22.3 Å². The van der Waals surface area contributed by atoms with Gasteiger partial charge in [-0.05, 0) is 28.8 Å². The van der Waals surface area contributed by atoms with E-state index >= 15 is 0 Å². The van der Waals surface area contributed by atoms with Crippen molar-refractivity contribution in [3.8, 4) is 22.5 Å². The van der Waals surface area contributed by atoms with E-state index in [-0.39, 0.29) is 12.0 Å². The summed E-state index contributed by atoms with van der Waals surface area (Å²) in [5, 5.41) is 9.66. The van der Waals surface area contributed by atoms with E-state index in [1.807, 2.05) is 66.7 Å². The van der Waals surface area contributed by atoms with Crippen molar-refractivity contribution in [2.75, 3.05) is 0 Å². The summed E-state index contributed by atoms with van der Waals surface area (Å²) >= 11 is 0. The Hall–Kier alpha value is -3.73. The average Bonchev–Trinajstić information content (AvgIpc) is 2.68. The van der Waals surface area contributed by atoms with Crippen LogP contribution in [-0.4, -0.2) is 21.0 Å². The molecule has 5 heteroatoms. The first-order chi connectivity index (χ1) is 13.1. The Balaban J connectivity index is 1.74. The van der Waals surface area contributed by atoms with Crippen molar-refractivity contribution in [1.29, 1.82) is 0 Å². The van der Waals surface area contributed by atoms with Crippen LogP contribution in [-0.2, 0) is 11.2 Å². The number of nitrogens with one attached hydrogen (secondary N) is 1. The molecule has 2 N–H and O–H groups in total. The van der Waals surface area contributed by atoms with Gasteiger partial charge in [-0.3, -0.25) is 9.59 Å². The zero-order valence-corrected chi connectivity index (χ0v) is 14.3. The van der Waals surface area contributed by atoms with Crippen LogP contribution in [0.15, 0.2) is 77.6 Å². The molecule has 0 spiro atoms. The van der Waals surface area contributed by atoms with E-state index < -0.39 is 5.97 Å². The van der Waals surface area contributed by atoms with E-state index in [4.69, 9.17) is 5.11 Å². The van der Waals surface area contributed by atoms with E-state index in [0.29, 0.717) is 16.7 Å². The summed E-state index contributed by atoms with van der Waals surface area (Å²) in [5.41, 5.74) is 3.82. The second-order valence-electron chi connectivity index (χ2n) is 6.24. The third-order valence-electron chi connectivity index (χ3n) is 4.44. The fourth-order valence-corrected chi connectivity index (χ4v) is 3.15. The highest BCUT2D eigenvalue weighted by Crippen LogP contribution is 2.26. The van der Waals surface area contributed by atoms with Gasteiger partial charge in [-0.1, -0.05) is 60.7 Å². The molecule has 0 aliphatic heterocycles. The van der Waals surface area contributed by atoms with Gasteiger partial charge in [0.25, 0.3) is 5.56 Å². The van der Waals surface area contributed by atoms with Gasteiger partial charge in [-0.2, -0.15) is 0 Å². The smallest absolute Gasteiger partial charge is 0.307 e. The van der Waals surface area contributed by atoms with Crippen molar-refractivity contribution < 1.29 is 9.90 Å². The van der Waals surface area contributed by atoms with Crippen molar-refractivity contribution in [3.05, 3.63) is 88.7 Å². The summed E-state index contributed by atoms with van der Waals surface area (Å²) in [6.07, 6.45) is -0.0303. The lowest BCUT2D eigenvalue weighted by atomic mass is 9.97. The molecule has 0 aliphatic rings. The number of para-hydroxylation sites is 1. The summed E-state index contributed by atoms with van der Waals surface area (Å²) < 4.78 is 0. The first kappa shape index (κ1) is 16.7. The van der Waals surface area contributed by atoms with E-state index in [9.17, 15) is 9.59 Å². The lowest BCUT2D eigenvalue weighted by Crippen LogP contribution is -2.09. The van der Waals surface area contributed by atoms with E-state index in [1.165, 1.54) is 0 Å². The standard InChI is InChI=1S/C22H16N2O3/c25-20(26)13-16-5-1-2-6-17(16)14-9-11-15(12-10-14)21-23-19-8-4-3-7-18(19)22(27)24-21/h1-12H,13H2,(H,25,26)(H,23,24,27). The molecular weight excluding hydrogens is 340 g/mol. The molecule has 1 aromatic heterocycles. The molecule has 0 fully saturated rings. The van der Waals surface area contributed by atoms with Gasteiger partial charge >= 0.3 is 5.97 Å². The molecule has 4 aromatic rings. The molecule has 0 bridgehead atoms. The largest absolute Gasteiger partial charge is 0.481 e. The molecule has 0 unspecified atom stereocenters. The molecule has 0 aliphatic carbocycles. The SMILES string of the molecule is O=C(O)Cc1ccccc1-c1ccc(-c2nc3ccccc3c(=O)[nH]2)cc1. The van der Waals surface area contributed by atoms with Crippen LogP contribution in [0.3, 0.4) is 0 Å². The van der Waals surface area contributed by atoms with Crippen molar-refractivity contribution in [3.63, 3.8) is 0 Å². The van der Waals surface area contributed by atoms with Crippen LogP contribution in [0.4, 0.5) is 0 Å². The number of carboxylic acid groups (broad SMARTS) is 1. The number of carbonyl (C=O) groups is 1. The average molecular weight is 356 g/mol. The van der Waals surface area contributed by atoms with Crippen LogP contribution in [0, 0.1) is 0 Å². The van der Waals surface area contributed by atoms with Crippen LogP contribution < -0.4 is 5.56 Å². The molecule has 3 aromatic carbocycles. The minimum atomic E-state index is -0.864. The molecule has 4 rings (SSSR count). The molecule has 5 nitrogen and oxygen atoms in total. The number of rotatable bonds is 4. The number of carboxylic acids is 1.